The van der Waals surface area contributed by atoms with E-state index in [0.29, 0.717) is 0 Å². The number of carbonyl (C=O) groups is 2. The van der Waals surface area contributed by atoms with Crippen LogP contribution < -0.4 is 0 Å². The van der Waals surface area contributed by atoms with Crippen molar-refractivity contribution in [3.63, 3.8) is 0 Å². The molecule has 21 heavy (non-hydrogen) atoms. The molecule has 108 valence electrons. The van der Waals surface area contributed by atoms with E-state index >= 15 is 0 Å². The highest BCUT2D eigenvalue weighted by Gasteiger charge is 2.27. The first-order chi connectivity index (χ1) is 9.85. The molecule has 0 amide bonds. The highest BCUT2D eigenvalue weighted by Crippen LogP contribution is 2.28. The minimum absolute atomic E-state index is 0.156. The van der Waals surface area contributed by atoms with Crippen molar-refractivity contribution in [1.29, 1.82) is 0 Å². The predicted octanol–water partition coefficient (Wildman–Crippen LogP) is 3.28. The van der Waals surface area contributed by atoms with Crippen molar-refractivity contribution < 1.29 is 18.0 Å². The molecule has 0 saturated carbocycles. The first-order valence-corrected chi connectivity index (χ1v) is 7.92. The average Bonchev–Trinajstić information content (AvgIpc) is 2.47. The Hall–Kier alpha value is -1.69. The van der Waals surface area contributed by atoms with Crippen LogP contribution in [-0.2, 0) is 9.84 Å². The molecular weight excluding hydrogens is 335 g/mol. The first-order valence-electron chi connectivity index (χ1n) is 5.68. The third-order valence-corrected chi connectivity index (χ3v) is 5.05. The summed E-state index contributed by atoms with van der Waals surface area (Å²) in [6.07, 6.45) is 0. The fourth-order valence-electron chi connectivity index (χ4n) is 1.85. The zero-order chi connectivity index (χ0) is 15.6. The molecule has 0 atom stereocenters. The minimum Gasteiger partial charge on any atom is -0.276 e. The van der Waals surface area contributed by atoms with E-state index in [4.69, 9.17) is 23.2 Å². The van der Waals surface area contributed by atoms with Crippen LogP contribution in [0.2, 0.25) is 0 Å². The summed E-state index contributed by atoms with van der Waals surface area (Å²) in [5.41, 5.74) is -0.313. The van der Waals surface area contributed by atoms with Crippen molar-refractivity contribution in [1.82, 2.24) is 0 Å². The van der Waals surface area contributed by atoms with E-state index in [1.165, 1.54) is 48.5 Å². The van der Waals surface area contributed by atoms with Crippen LogP contribution in [-0.4, -0.2) is 18.9 Å². The quantitative estimate of drug-likeness (QED) is 0.799. The van der Waals surface area contributed by atoms with Crippen LogP contribution in [0, 0.1) is 0 Å². The van der Waals surface area contributed by atoms with E-state index < -0.39 is 20.3 Å². The molecule has 0 aliphatic heterocycles. The van der Waals surface area contributed by atoms with Crippen LogP contribution in [0.5, 0.6) is 0 Å². The third kappa shape index (κ3) is 3.00. The Morgan fingerprint density at radius 2 is 1.05 bits per heavy atom. The van der Waals surface area contributed by atoms with E-state index in [9.17, 15) is 18.0 Å². The van der Waals surface area contributed by atoms with Gasteiger partial charge in [-0.1, -0.05) is 24.3 Å². The standard InChI is InChI=1S/C14H8Cl2O4S/c15-13(17)9-5-1-3-7-11(9)21(19,20)12-8-4-2-6-10(12)14(16)18/h1-8H. The van der Waals surface area contributed by atoms with Crippen LogP contribution in [0.1, 0.15) is 20.7 Å². The van der Waals surface area contributed by atoms with Gasteiger partial charge in [-0.3, -0.25) is 9.59 Å². The SMILES string of the molecule is O=C(Cl)c1ccccc1S(=O)(=O)c1ccccc1C(=O)Cl. The summed E-state index contributed by atoms with van der Waals surface area (Å²) in [4.78, 5) is 22.2. The van der Waals surface area contributed by atoms with Gasteiger partial charge in [0.1, 0.15) is 0 Å². The molecule has 0 radical (unpaired) electrons. The van der Waals surface area contributed by atoms with Gasteiger partial charge in [-0.05, 0) is 47.5 Å². The van der Waals surface area contributed by atoms with Gasteiger partial charge < -0.3 is 0 Å². The van der Waals surface area contributed by atoms with E-state index in [2.05, 4.69) is 0 Å². The minimum atomic E-state index is -4.10. The van der Waals surface area contributed by atoms with Crippen LogP contribution >= 0.6 is 23.2 Å². The molecule has 0 aliphatic rings. The number of halogens is 2. The number of benzene rings is 2. The monoisotopic (exact) mass is 342 g/mol. The molecule has 0 unspecified atom stereocenters. The van der Waals surface area contributed by atoms with Gasteiger partial charge in [-0.15, -0.1) is 0 Å². The van der Waals surface area contributed by atoms with Crippen LogP contribution in [0.4, 0.5) is 0 Å². The summed E-state index contributed by atoms with van der Waals surface area (Å²) in [7, 11) is -4.10. The average molecular weight is 343 g/mol. The molecule has 0 aliphatic carbocycles. The summed E-state index contributed by atoms with van der Waals surface area (Å²) in [6.45, 7) is 0. The third-order valence-electron chi connectivity index (χ3n) is 2.78. The van der Waals surface area contributed by atoms with E-state index in [-0.39, 0.29) is 20.9 Å². The second kappa shape index (κ2) is 5.97. The first kappa shape index (κ1) is 15.7. The Kier molecular flexibility index (Phi) is 4.46. The number of sulfone groups is 1. The van der Waals surface area contributed by atoms with Crippen molar-refractivity contribution in [3.8, 4) is 0 Å². The molecule has 0 heterocycles. The lowest BCUT2D eigenvalue weighted by Gasteiger charge is -2.10. The largest absolute Gasteiger partial charge is 0.276 e. The van der Waals surface area contributed by atoms with Gasteiger partial charge in [-0.2, -0.15) is 0 Å². The van der Waals surface area contributed by atoms with Crippen molar-refractivity contribution in [2.75, 3.05) is 0 Å². The van der Waals surface area contributed by atoms with E-state index in [1.54, 1.807) is 0 Å². The maximum absolute atomic E-state index is 12.7. The lowest BCUT2D eigenvalue weighted by molar-refractivity contribution is 0.107. The van der Waals surface area contributed by atoms with Crippen molar-refractivity contribution in [3.05, 3.63) is 59.7 Å². The molecule has 2 aromatic carbocycles. The zero-order valence-electron chi connectivity index (χ0n) is 10.4. The van der Waals surface area contributed by atoms with E-state index in [0.717, 1.165) is 0 Å². The summed E-state index contributed by atoms with van der Waals surface area (Å²) in [6, 6.07) is 11.0. The second-order valence-corrected chi connectivity index (χ2v) is 6.62. The molecule has 2 aromatic rings. The lowest BCUT2D eigenvalue weighted by Crippen LogP contribution is -2.10. The van der Waals surface area contributed by atoms with E-state index in [1.807, 2.05) is 0 Å². The molecule has 7 heteroatoms. The van der Waals surface area contributed by atoms with Gasteiger partial charge in [-0.25, -0.2) is 8.42 Å². The molecule has 0 spiro atoms. The smallest absolute Gasteiger partial charge is 0.253 e. The van der Waals surface area contributed by atoms with Gasteiger partial charge in [0.05, 0.1) is 20.9 Å². The topological polar surface area (TPSA) is 68.3 Å². The highest BCUT2D eigenvalue weighted by atomic mass is 35.5. The predicted molar refractivity (Wildman–Crippen MR) is 78.7 cm³/mol. The maximum Gasteiger partial charge on any atom is 0.253 e. The summed E-state index contributed by atoms with van der Waals surface area (Å²) < 4.78 is 25.3. The molecule has 0 fully saturated rings. The normalized spacial score (nSPS) is 11.1. The highest BCUT2D eigenvalue weighted by molar-refractivity contribution is 7.91. The van der Waals surface area contributed by atoms with Gasteiger partial charge >= 0.3 is 0 Å². The molecule has 0 bridgehead atoms. The molecule has 0 N–H and O–H groups in total. The summed E-state index contributed by atoms with van der Waals surface area (Å²) in [5.74, 6) is 0. The van der Waals surface area contributed by atoms with Crippen LogP contribution in [0.25, 0.3) is 0 Å². The lowest BCUT2D eigenvalue weighted by atomic mass is 10.2. The summed E-state index contributed by atoms with van der Waals surface area (Å²) >= 11 is 10.8. The number of hydrogen-bond acceptors (Lipinski definition) is 4. The fraction of sp³-hybridized carbons (Fsp3) is 0. The Morgan fingerprint density at radius 3 is 1.38 bits per heavy atom. The van der Waals surface area contributed by atoms with Crippen LogP contribution in [0.15, 0.2) is 58.3 Å². The Morgan fingerprint density at radius 1 is 0.714 bits per heavy atom. The summed E-state index contributed by atoms with van der Waals surface area (Å²) in [5, 5.41) is -1.80. The van der Waals surface area contributed by atoms with Crippen molar-refractivity contribution in [2.24, 2.45) is 0 Å². The number of carbonyl (C=O) groups excluding carboxylic acids is 2. The zero-order valence-corrected chi connectivity index (χ0v) is 12.7. The fourth-order valence-corrected chi connectivity index (χ4v) is 3.94. The van der Waals surface area contributed by atoms with Crippen molar-refractivity contribution in [2.45, 2.75) is 9.79 Å². The molecule has 4 nitrogen and oxygen atoms in total. The van der Waals surface area contributed by atoms with Gasteiger partial charge in [0.25, 0.3) is 10.5 Å². The molecule has 0 saturated heterocycles. The Labute approximate surface area is 131 Å². The molecular formula is C14H8Cl2O4S. The molecule has 2 rings (SSSR count). The Balaban J connectivity index is 2.76. The number of hydrogen-bond donors (Lipinski definition) is 0. The second-order valence-electron chi connectivity index (χ2n) is 4.04. The van der Waals surface area contributed by atoms with Crippen LogP contribution in [0.3, 0.4) is 0 Å². The Bertz CT molecular complexity index is 765. The number of rotatable bonds is 4. The van der Waals surface area contributed by atoms with Gasteiger partial charge in [0.2, 0.25) is 9.84 Å². The van der Waals surface area contributed by atoms with Gasteiger partial charge in [0.15, 0.2) is 0 Å². The maximum atomic E-state index is 12.7. The molecule has 0 aromatic heterocycles. The van der Waals surface area contributed by atoms with Gasteiger partial charge in [0, 0.05) is 0 Å². The van der Waals surface area contributed by atoms with Crippen molar-refractivity contribution >= 4 is 43.5 Å².